The average Bonchev–Trinajstić information content (AvgIpc) is 2.14. The van der Waals surface area contributed by atoms with Crippen LogP contribution in [0.4, 0.5) is 0 Å². The monoisotopic (exact) mass is 100 g/mol. The molecule has 0 unspecified atom stereocenters. The summed E-state index contributed by atoms with van der Waals surface area (Å²) in [5, 5.41) is 0. The minimum Gasteiger partial charge on any atom is -0.318 e. The van der Waals surface area contributed by atoms with Gasteiger partial charge in [-0.05, 0) is 25.9 Å². The molecule has 1 saturated heterocycles. The van der Waals surface area contributed by atoms with Gasteiger partial charge in [0, 0.05) is 6.67 Å². The second-order valence-electron chi connectivity index (χ2n) is 2.01. The van der Waals surface area contributed by atoms with E-state index in [4.69, 9.17) is 5.73 Å². The molecule has 0 aromatic carbocycles. The fraction of sp³-hybridized carbons (Fsp3) is 1.00. The van der Waals surface area contributed by atoms with Crippen molar-refractivity contribution in [1.82, 2.24) is 4.90 Å². The van der Waals surface area contributed by atoms with E-state index in [0.717, 1.165) is 6.67 Å². The Labute approximate surface area is 44.3 Å². The van der Waals surface area contributed by atoms with Crippen LogP contribution in [-0.2, 0) is 0 Å². The average molecular weight is 100 g/mol. The molecule has 1 fully saturated rings. The first-order valence-electron chi connectivity index (χ1n) is 2.86. The predicted molar refractivity (Wildman–Crippen MR) is 29.9 cm³/mol. The summed E-state index contributed by atoms with van der Waals surface area (Å²) in [6.07, 6.45) is 2.69. The molecule has 1 rings (SSSR count). The molecule has 1 aliphatic rings. The molecule has 0 spiro atoms. The fourth-order valence-corrected chi connectivity index (χ4v) is 0.965. The number of nitrogens with zero attached hydrogens (tertiary/aromatic N) is 1. The summed E-state index contributed by atoms with van der Waals surface area (Å²) in [6, 6.07) is 0. The van der Waals surface area contributed by atoms with E-state index in [1.54, 1.807) is 0 Å². The van der Waals surface area contributed by atoms with Crippen molar-refractivity contribution in [2.75, 3.05) is 19.8 Å². The molecule has 2 nitrogen and oxygen atoms in total. The van der Waals surface area contributed by atoms with E-state index >= 15 is 0 Å². The van der Waals surface area contributed by atoms with Gasteiger partial charge < -0.3 is 5.73 Å². The first kappa shape index (κ1) is 5.06. The molecule has 42 valence electrons. The molecule has 0 radical (unpaired) electrons. The lowest BCUT2D eigenvalue weighted by atomic mass is 10.4. The van der Waals surface area contributed by atoms with Crippen LogP contribution in [0, 0.1) is 0 Å². The maximum absolute atomic E-state index is 5.36. The Balaban J connectivity index is 2.14. The Hall–Kier alpha value is -0.0800. The van der Waals surface area contributed by atoms with Gasteiger partial charge >= 0.3 is 0 Å². The number of hydrogen-bond donors (Lipinski definition) is 1. The van der Waals surface area contributed by atoms with Crippen molar-refractivity contribution >= 4 is 0 Å². The number of nitrogens with two attached hydrogens (primary N) is 1. The summed E-state index contributed by atoms with van der Waals surface area (Å²) >= 11 is 0. The van der Waals surface area contributed by atoms with Crippen molar-refractivity contribution in [3.8, 4) is 0 Å². The van der Waals surface area contributed by atoms with Crippen LogP contribution < -0.4 is 5.73 Å². The molecule has 0 aromatic heterocycles. The van der Waals surface area contributed by atoms with E-state index in [-0.39, 0.29) is 0 Å². The smallest absolute Gasteiger partial charge is 0.0455 e. The lowest BCUT2D eigenvalue weighted by molar-refractivity contribution is 0.350. The summed E-state index contributed by atoms with van der Waals surface area (Å²) < 4.78 is 0. The second kappa shape index (κ2) is 2.28. The van der Waals surface area contributed by atoms with Gasteiger partial charge in [0.15, 0.2) is 0 Å². The van der Waals surface area contributed by atoms with Crippen molar-refractivity contribution in [3.05, 3.63) is 0 Å². The van der Waals surface area contributed by atoms with Crippen molar-refractivity contribution in [2.45, 2.75) is 12.8 Å². The zero-order valence-corrected chi connectivity index (χ0v) is 4.56. The van der Waals surface area contributed by atoms with E-state index in [1.807, 2.05) is 0 Å². The van der Waals surface area contributed by atoms with Crippen LogP contribution in [0.25, 0.3) is 0 Å². The van der Waals surface area contributed by atoms with Gasteiger partial charge in [-0.25, -0.2) is 0 Å². The molecule has 7 heavy (non-hydrogen) atoms. The topological polar surface area (TPSA) is 29.3 Å². The Morgan fingerprint density at radius 2 is 1.86 bits per heavy atom. The predicted octanol–water partition coefficient (Wildman–Crippen LogP) is -0.00160. The third-order valence-corrected chi connectivity index (χ3v) is 1.46. The van der Waals surface area contributed by atoms with E-state index in [2.05, 4.69) is 4.90 Å². The Kier molecular flexibility index (Phi) is 1.65. The molecule has 1 heterocycles. The van der Waals surface area contributed by atoms with Gasteiger partial charge in [-0.2, -0.15) is 0 Å². The highest BCUT2D eigenvalue weighted by molar-refractivity contribution is 4.62. The van der Waals surface area contributed by atoms with Gasteiger partial charge in [0.2, 0.25) is 0 Å². The van der Waals surface area contributed by atoms with Crippen molar-refractivity contribution in [2.24, 2.45) is 5.73 Å². The summed E-state index contributed by atoms with van der Waals surface area (Å²) in [4.78, 5) is 2.26. The van der Waals surface area contributed by atoms with E-state index in [9.17, 15) is 0 Å². The first-order chi connectivity index (χ1) is 3.43. The van der Waals surface area contributed by atoms with Crippen LogP contribution in [0.2, 0.25) is 0 Å². The van der Waals surface area contributed by atoms with Crippen LogP contribution in [0.15, 0.2) is 0 Å². The second-order valence-corrected chi connectivity index (χ2v) is 2.01. The first-order valence-corrected chi connectivity index (χ1v) is 2.86. The maximum atomic E-state index is 5.36. The molecule has 0 saturated carbocycles. The molecule has 2 heteroatoms. The molecular weight excluding hydrogens is 88.1 g/mol. The molecule has 1 aliphatic heterocycles. The third kappa shape index (κ3) is 1.14. The highest BCUT2D eigenvalue weighted by atomic mass is 15.2. The highest BCUT2D eigenvalue weighted by Crippen LogP contribution is 2.03. The molecule has 2 N–H and O–H groups in total. The van der Waals surface area contributed by atoms with Crippen LogP contribution >= 0.6 is 0 Å². The lowest BCUT2D eigenvalue weighted by Crippen LogP contribution is -2.26. The lowest BCUT2D eigenvalue weighted by Gasteiger charge is -2.08. The van der Waals surface area contributed by atoms with Crippen LogP contribution in [0.5, 0.6) is 0 Å². The van der Waals surface area contributed by atoms with Gasteiger partial charge in [0.05, 0.1) is 0 Å². The largest absolute Gasteiger partial charge is 0.318 e. The number of hydrogen-bond acceptors (Lipinski definition) is 2. The minimum atomic E-state index is 0.750. The standard InChI is InChI=1S/C5H12N2/c6-5-7-3-1-2-4-7/h1-6H2. The fourth-order valence-electron chi connectivity index (χ4n) is 0.965. The van der Waals surface area contributed by atoms with Crippen LogP contribution in [-0.4, -0.2) is 24.7 Å². The van der Waals surface area contributed by atoms with Crippen LogP contribution in [0.3, 0.4) is 0 Å². The quantitative estimate of drug-likeness (QED) is 0.502. The van der Waals surface area contributed by atoms with E-state index in [1.165, 1.54) is 25.9 Å². The number of rotatable bonds is 1. The third-order valence-electron chi connectivity index (χ3n) is 1.46. The minimum absolute atomic E-state index is 0.750. The van der Waals surface area contributed by atoms with Gasteiger partial charge in [-0.15, -0.1) is 0 Å². The zero-order valence-electron chi connectivity index (χ0n) is 4.56. The molecule has 0 amide bonds. The molecule has 0 bridgehead atoms. The zero-order chi connectivity index (χ0) is 5.11. The van der Waals surface area contributed by atoms with Crippen LogP contribution in [0.1, 0.15) is 12.8 Å². The van der Waals surface area contributed by atoms with Crippen molar-refractivity contribution in [3.63, 3.8) is 0 Å². The molecule has 0 aliphatic carbocycles. The van der Waals surface area contributed by atoms with Gasteiger partial charge in [0.1, 0.15) is 0 Å². The Bertz CT molecular complexity index is 48.0. The Morgan fingerprint density at radius 3 is 2.14 bits per heavy atom. The summed E-state index contributed by atoms with van der Waals surface area (Å²) in [5.41, 5.74) is 5.36. The SMILES string of the molecule is NCN1CCCC1. The van der Waals surface area contributed by atoms with E-state index < -0.39 is 0 Å². The summed E-state index contributed by atoms with van der Waals surface area (Å²) in [6.45, 7) is 3.19. The summed E-state index contributed by atoms with van der Waals surface area (Å²) in [5.74, 6) is 0. The normalized spacial score (nSPS) is 23.6. The molecular formula is C5H12N2. The molecule has 0 aromatic rings. The maximum Gasteiger partial charge on any atom is 0.0455 e. The van der Waals surface area contributed by atoms with E-state index in [0.29, 0.717) is 0 Å². The Morgan fingerprint density at radius 1 is 1.29 bits per heavy atom. The van der Waals surface area contributed by atoms with Gasteiger partial charge in [-0.3, -0.25) is 4.90 Å². The highest BCUT2D eigenvalue weighted by Gasteiger charge is 2.07. The van der Waals surface area contributed by atoms with Crippen molar-refractivity contribution < 1.29 is 0 Å². The number of likely N-dealkylation sites (tertiary alicyclic amines) is 1. The molecule has 0 atom stereocenters. The summed E-state index contributed by atoms with van der Waals surface area (Å²) in [7, 11) is 0. The van der Waals surface area contributed by atoms with Gasteiger partial charge in [-0.1, -0.05) is 0 Å². The van der Waals surface area contributed by atoms with Crippen molar-refractivity contribution in [1.29, 1.82) is 0 Å². The van der Waals surface area contributed by atoms with Gasteiger partial charge in [0.25, 0.3) is 0 Å².